The lowest BCUT2D eigenvalue weighted by molar-refractivity contribution is 1.31. The van der Waals surface area contributed by atoms with Crippen LogP contribution in [0.4, 0.5) is 0 Å². The number of nitrogens with one attached hydrogen (secondary N) is 2. The van der Waals surface area contributed by atoms with Crippen molar-refractivity contribution < 1.29 is 0 Å². The number of H-pyrrole nitrogens is 2. The van der Waals surface area contributed by atoms with Gasteiger partial charge in [0.2, 0.25) is 0 Å². The molecule has 0 saturated carbocycles. The van der Waals surface area contributed by atoms with Gasteiger partial charge in [0.25, 0.3) is 0 Å². The monoisotopic (exact) mass is 212 g/mol. The summed E-state index contributed by atoms with van der Waals surface area (Å²) in [6.07, 6.45) is 8.58. The van der Waals surface area contributed by atoms with Crippen molar-refractivity contribution in [3.63, 3.8) is 0 Å². The molecular formula is C12H12N4. The minimum Gasteiger partial charge on any atom is -0.351 e. The molecule has 1 aromatic carbocycles. The number of rotatable bonds is 1. The molecule has 0 saturated heterocycles. The maximum Gasteiger partial charge on any atom is 0.0924 e. The predicted molar refractivity (Wildman–Crippen MR) is 62.6 cm³/mol. The molecule has 0 fully saturated rings. The average Bonchev–Trinajstić information content (AvgIpc) is 3.07. The van der Waals surface area contributed by atoms with Gasteiger partial charge in [-0.05, 0) is 5.56 Å². The minimum atomic E-state index is 1.06. The summed E-state index contributed by atoms with van der Waals surface area (Å²) in [4.78, 5) is 13.4. The molecule has 3 rings (SSSR count). The van der Waals surface area contributed by atoms with Crippen LogP contribution in [0.5, 0.6) is 0 Å². The lowest BCUT2D eigenvalue weighted by Gasteiger charge is -1.93. The Morgan fingerprint density at radius 2 is 1.81 bits per heavy atom. The lowest BCUT2D eigenvalue weighted by Crippen LogP contribution is -1.73. The van der Waals surface area contributed by atoms with E-state index in [9.17, 15) is 0 Å². The number of imidazole rings is 2. The van der Waals surface area contributed by atoms with E-state index in [-0.39, 0.29) is 0 Å². The minimum absolute atomic E-state index is 1.06. The standard InChI is InChI=1S/C9H8N2.C3H4N2/c1-2-4-8(5-3-1)9-6-10-7-11-9;1-2-5-3-4-1/h1-7H,(H,10,11);1-3H,(H,4,5). The molecule has 2 heterocycles. The molecule has 2 aromatic heterocycles. The summed E-state index contributed by atoms with van der Waals surface area (Å²) in [5.74, 6) is 0. The van der Waals surface area contributed by atoms with Crippen molar-refractivity contribution in [3.8, 4) is 11.3 Å². The highest BCUT2D eigenvalue weighted by molar-refractivity contribution is 5.57. The van der Waals surface area contributed by atoms with E-state index in [4.69, 9.17) is 0 Å². The zero-order chi connectivity index (χ0) is 11.1. The Bertz CT molecular complexity index is 454. The molecule has 0 radical (unpaired) electrons. The Morgan fingerprint density at radius 1 is 0.938 bits per heavy atom. The Labute approximate surface area is 93.4 Å². The molecule has 0 atom stereocenters. The van der Waals surface area contributed by atoms with Crippen molar-refractivity contribution in [3.05, 3.63) is 61.6 Å². The summed E-state index contributed by atoms with van der Waals surface area (Å²) >= 11 is 0. The zero-order valence-electron chi connectivity index (χ0n) is 8.67. The van der Waals surface area contributed by atoms with Crippen molar-refractivity contribution in [2.24, 2.45) is 0 Å². The molecular weight excluding hydrogens is 200 g/mol. The normalized spacial score (nSPS) is 9.25. The van der Waals surface area contributed by atoms with Crippen molar-refractivity contribution in [2.75, 3.05) is 0 Å². The van der Waals surface area contributed by atoms with Gasteiger partial charge in [0, 0.05) is 12.4 Å². The average molecular weight is 212 g/mol. The van der Waals surface area contributed by atoms with Gasteiger partial charge in [0.15, 0.2) is 0 Å². The summed E-state index contributed by atoms with van der Waals surface area (Å²) in [6.45, 7) is 0. The van der Waals surface area contributed by atoms with Crippen LogP contribution >= 0.6 is 0 Å². The molecule has 0 aliphatic carbocycles. The fraction of sp³-hybridized carbons (Fsp3) is 0. The summed E-state index contributed by atoms with van der Waals surface area (Å²) in [6, 6.07) is 10.1. The second-order valence-corrected chi connectivity index (χ2v) is 3.09. The third-order valence-electron chi connectivity index (χ3n) is 1.99. The van der Waals surface area contributed by atoms with E-state index < -0.39 is 0 Å². The van der Waals surface area contributed by atoms with Gasteiger partial charge in [0.05, 0.1) is 24.5 Å². The van der Waals surface area contributed by atoms with E-state index in [1.54, 1.807) is 25.0 Å². The van der Waals surface area contributed by atoms with Gasteiger partial charge >= 0.3 is 0 Å². The van der Waals surface area contributed by atoms with Gasteiger partial charge < -0.3 is 9.97 Å². The molecule has 2 N–H and O–H groups in total. The summed E-state index contributed by atoms with van der Waals surface area (Å²) < 4.78 is 0. The number of hydrogen-bond donors (Lipinski definition) is 2. The van der Waals surface area contributed by atoms with Gasteiger partial charge in [-0.3, -0.25) is 0 Å². The van der Waals surface area contributed by atoms with E-state index in [0.717, 1.165) is 5.69 Å². The second kappa shape index (κ2) is 5.50. The number of aromatic amines is 2. The first-order valence-electron chi connectivity index (χ1n) is 4.93. The Hall–Kier alpha value is -2.36. The van der Waals surface area contributed by atoms with Crippen LogP contribution in [0.3, 0.4) is 0 Å². The maximum absolute atomic E-state index is 3.94. The predicted octanol–water partition coefficient (Wildman–Crippen LogP) is 2.49. The van der Waals surface area contributed by atoms with Crippen molar-refractivity contribution in [1.29, 1.82) is 0 Å². The molecule has 3 aromatic rings. The first kappa shape index (κ1) is 10.2. The van der Waals surface area contributed by atoms with Gasteiger partial charge in [-0.1, -0.05) is 30.3 Å². The van der Waals surface area contributed by atoms with Gasteiger partial charge in [-0.15, -0.1) is 0 Å². The van der Waals surface area contributed by atoms with Crippen LogP contribution in [-0.2, 0) is 0 Å². The molecule has 16 heavy (non-hydrogen) atoms. The molecule has 0 amide bonds. The third-order valence-corrected chi connectivity index (χ3v) is 1.99. The molecule has 0 bridgehead atoms. The number of nitrogens with zero attached hydrogens (tertiary/aromatic N) is 2. The SMILES string of the molecule is c1c[nH]cn1.c1ccc(-c2cnc[nH]2)cc1. The van der Waals surface area contributed by atoms with E-state index >= 15 is 0 Å². The first-order valence-corrected chi connectivity index (χ1v) is 4.93. The van der Waals surface area contributed by atoms with Crippen molar-refractivity contribution in [1.82, 2.24) is 19.9 Å². The molecule has 0 aliphatic heterocycles. The Morgan fingerprint density at radius 3 is 2.31 bits per heavy atom. The van der Waals surface area contributed by atoms with Crippen molar-refractivity contribution in [2.45, 2.75) is 0 Å². The van der Waals surface area contributed by atoms with Crippen LogP contribution in [0.15, 0.2) is 61.6 Å². The quantitative estimate of drug-likeness (QED) is 0.651. The van der Waals surface area contributed by atoms with Crippen LogP contribution in [0.1, 0.15) is 0 Å². The van der Waals surface area contributed by atoms with Crippen molar-refractivity contribution >= 4 is 0 Å². The third kappa shape index (κ3) is 2.81. The van der Waals surface area contributed by atoms with Crippen LogP contribution < -0.4 is 0 Å². The highest BCUT2D eigenvalue weighted by atomic mass is 14.9. The van der Waals surface area contributed by atoms with Crippen LogP contribution in [0.25, 0.3) is 11.3 Å². The summed E-state index contributed by atoms with van der Waals surface area (Å²) in [5, 5.41) is 0. The molecule has 0 aliphatic rings. The molecule has 4 heteroatoms. The van der Waals surface area contributed by atoms with Crippen LogP contribution in [0, 0.1) is 0 Å². The zero-order valence-corrected chi connectivity index (χ0v) is 8.67. The number of aromatic nitrogens is 4. The number of hydrogen-bond acceptors (Lipinski definition) is 2. The molecule has 80 valence electrons. The Balaban J connectivity index is 0.000000162. The highest BCUT2D eigenvalue weighted by Crippen LogP contribution is 2.13. The maximum atomic E-state index is 3.94. The smallest absolute Gasteiger partial charge is 0.0924 e. The summed E-state index contributed by atoms with van der Waals surface area (Å²) in [5.41, 5.74) is 2.23. The van der Waals surface area contributed by atoms with E-state index in [1.165, 1.54) is 5.56 Å². The van der Waals surface area contributed by atoms with Gasteiger partial charge in [-0.2, -0.15) is 0 Å². The largest absolute Gasteiger partial charge is 0.351 e. The van der Waals surface area contributed by atoms with Crippen LogP contribution in [-0.4, -0.2) is 19.9 Å². The molecule has 0 spiro atoms. The molecule has 4 nitrogen and oxygen atoms in total. The molecule has 0 unspecified atom stereocenters. The number of benzene rings is 1. The van der Waals surface area contributed by atoms with Gasteiger partial charge in [-0.25, -0.2) is 9.97 Å². The fourth-order valence-corrected chi connectivity index (χ4v) is 1.25. The first-order chi connectivity index (χ1) is 7.97. The van der Waals surface area contributed by atoms with E-state index in [2.05, 4.69) is 19.9 Å². The van der Waals surface area contributed by atoms with E-state index in [0.29, 0.717) is 0 Å². The highest BCUT2D eigenvalue weighted by Gasteiger charge is 1.94. The lowest BCUT2D eigenvalue weighted by atomic mass is 10.2. The van der Waals surface area contributed by atoms with E-state index in [1.807, 2.05) is 36.5 Å². The summed E-state index contributed by atoms with van der Waals surface area (Å²) in [7, 11) is 0. The van der Waals surface area contributed by atoms with Crippen LogP contribution in [0.2, 0.25) is 0 Å². The Kier molecular flexibility index (Phi) is 3.50. The van der Waals surface area contributed by atoms with Gasteiger partial charge in [0.1, 0.15) is 0 Å². The topological polar surface area (TPSA) is 57.4 Å². The second-order valence-electron chi connectivity index (χ2n) is 3.09. The fourth-order valence-electron chi connectivity index (χ4n) is 1.25.